The minimum atomic E-state index is -0.0797. The molecule has 2 fully saturated rings. The first-order chi connectivity index (χ1) is 10.8. The summed E-state index contributed by atoms with van der Waals surface area (Å²) in [6.07, 6.45) is 8.28. The molecule has 2 aromatic heterocycles. The summed E-state index contributed by atoms with van der Waals surface area (Å²) in [5, 5.41) is 0. The van der Waals surface area contributed by atoms with E-state index < -0.39 is 0 Å². The number of ether oxygens (including phenoxy) is 2. The lowest BCUT2D eigenvalue weighted by molar-refractivity contribution is -0.0343. The van der Waals surface area contributed by atoms with Crippen LogP contribution in [-0.4, -0.2) is 32.7 Å². The Hall–Kier alpha value is -1.89. The lowest BCUT2D eigenvalue weighted by Crippen LogP contribution is -2.19. The molecule has 2 aliphatic rings. The number of fused-ring (bicyclic) bond motifs is 1. The summed E-state index contributed by atoms with van der Waals surface area (Å²) in [6, 6.07) is 0.551. The van der Waals surface area contributed by atoms with Crippen molar-refractivity contribution >= 4 is 17.0 Å². The first kappa shape index (κ1) is 13.8. The van der Waals surface area contributed by atoms with E-state index >= 15 is 0 Å². The average molecular weight is 303 g/mol. The van der Waals surface area contributed by atoms with Gasteiger partial charge in [0.15, 0.2) is 17.0 Å². The molecule has 0 unspecified atom stereocenters. The largest absolute Gasteiger partial charge is 0.465 e. The number of hydrogen-bond acceptors (Lipinski definition) is 6. The van der Waals surface area contributed by atoms with Crippen molar-refractivity contribution in [3.8, 4) is 6.01 Å². The first-order valence-electron chi connectivity index (χ1n) is 8.06. The van der Waals surface area contributed by atoms with Crippen molar-refractivity contribution in [3.63, 3.8) is 0 Å². The number of hydrogen-bond donors (Lipinski definition) is 1. The second-order valence-corrected chi connectivity index (χ2v) is 6.10. The maximum atomic E-state index is 5.93. The van der Waals surface area contributed by atoms with Crippen LogP contribution in [-0.2, 0) is 4.74 Å². The Bertz CT molecular complexity index is 661. The van der Waals surface area contributed by atoms with Crippen molar-refractivity contribution in [1.29, 1.82) is 0 Å². The zero-order valence-corrected chi connectivity index (χ0v) is 12.6. The van der Waals surface area contributed by atoms with Gasteiger partial charge in [-0.15, -0.1) is 0 Å². The van der Waals surface area contributed by atoms with Gasteiger partial charge in [0, 0.05) is 6.61 Å². The maximum Gasteiger partial charge on any atom is 0.300 e. The molecule has 2 aromatic rings. The van der Waals surface area contributed by atoms with E-state index in [0.29, 0.717) is 29.6 Å². The molecule has 4 rings (SSSR count). The lowest BCUT2D eigenvalue weighted by atomic mass is 10.2. The van der Waals surface area contributed by atoms with E-state index in [4.69, 9.17) is 15.2 Å². The molecule has 2 N–H and O–H groups in total. The van der Waals surface area contributed by atoms with Crippen LogP contribution in [0.15, 0.2) is 6.33 Å². The lowest BCUT2D eigenvalue weighted by Gasteiger charge is -2.25. The summed E-state index contributed by atoms with van der Waals surface area (Å²) < 4.78 is 13.8. The molecule has 7 heteroatoms. The van der Waals surface area contributed by atoms with E-state index in [1.54, 1.807) is 0 Å². The smallest absolute Gasteiger partial charge is 0.300 e. The minimum Gasteiger partial charge on any atom is -0.465 e. The predicted molar refractivity (Wildman–Crippen MR) is 81.4 cm³/mol. The molecule has 0 spiro atoms. The molecular formula is C15H21N5O2. The van der Waals surface area contributed by atoms with Crippen LogP contribution in [0.1, 0.15) is 44.8 Å². The van der Waals surface area contributed by atoms with E-state index in [2.05, 4.69) is 15.0 Å². The number of anilines is 1. The maximum absolute atomic E-state index is 5.93. The molecule has 22 heavy (non-hydrogen) atoms. The highest BCUT2D eigenvalue weighted by Gasteiger charge is 2.26. The van der Waals surface area contributed by atoms with Gasteiger partial charge in [-0.05, 0) is 31.6 Å². The van der Waals surface area contributed by atoms with Gasteiger partial charge >= 0.3 is 6.01 Å². The summed E-state index contributed by atoms with van der Waals surface area (Å²) >= 11 is 0. The second-order valence-electron chi connectivity index (χ2n) is 6.10. The topological polar surface area (TPSA) is 88.1 Å². The number of imidazole rings is 1. The Morgan fingerprint density at radius 1 is 1.27 bits per heavy atom. The molecule has 0 amide bonds. The fourth-order valence-corrected chi connectivity index (χ4v) is 2.92. The molecule has 118 valence electrons. The van der Waals surface area contributed by atoms with Crippen LogP contribution in [0.3, 0.4) is 0 Å². The van der Waals surface area contributed by atoms with Gasteiger partial charge in [0.25, 0.3) is 0 Å². The fraction of sp³-hybridized carbons (Fsp3) is 0.667. The van der Waals surface area contributed by atoms with Gasteiger partial charge < -0.3 is 15.2 Å². The van der Waals surface area contributed by atoms with Crippen LogP contribution in [0.4, 0.5) is 5.82 Å². The van der Waals surface area contributed by atoms with E-state index in [-0.39, 0.29) is 6.23 Å². The molecule has 7 nitrogen and oxygen atoms in total. The van der Waals surface area contributed by atoms with Crippen LogP contribution >= 0.6 is 0 Å². The quantitative estimate of drug-likeness (QED) is 0.911. The van der Waals surface area contributed by atoms with Gasteiger partial charge in [-0.1, -0.05) is 12.8 Å². The molecule has 1 saturated carbocycles. The zero-order valence-electron chi connectivity index (χ0n) is 12.6. The van der Waals surface area contributed by atoms with E-state index in [9.17, 15) is 0 Å². The molecule has 0 aromatic carbocycles. The summed E-state index contributed by atoms with van der Waals surface area (Å²) in [5.41, 5.74) is 7.22. The van der Waals surface area contributed by atoms with Crippen LogP contribution in [0, 0.1) is 5.92 Å². The van der Waals surface area contributed by atoms with E-state index in [1.807, 2.05) is 4.57 Å². The molecule has 0 bridgehead atoms. The molecule has 1 atom stereocenters. The number of nitrogens with zero attached hydrogens (tertiary/aromatic N) is 4. The molecular weight excluding hydrogens is 282 g/mol. The van der Waals surface area contributed by atoms with Gasteiger partial charge in [0.2, 0.25) is 0 Å². The van der Waals surface area contributed by atoms with Gasteiger partial charge in [-0.2, -0.15) is 4.98 Å². The van der Waals surface area contributed by atoms with Gasteiger partial charge in [-0.3, -0.25) is 4.57 Å². The van der Waals surface area contributed by atoms with Crippen LogP contribution in [0.2, 0.25) is 0 Å². The standard InChI is InChI=1S/C15H21N5O2/c16-13-12-14(18-9-17-13)20(11-3-1-2-7-21-11)15(19-12)22-8-6-10-4-5-10/h9-11H,1-8H2,(H2,16,17,18)/t11-/m1/s1. The zero-order chi connectivity index (χ0) is 14.9. The summed E-state index contributed by atoms with van der Waals surface area (Å²) in [7, 11) is 0. The van der Waals surface area contributed by atoms with Crippen molar-refractivity contribution < 1.29 is 9.47 Å². The number of nitrogen functional groups attached to an aromatic ring is 1. The molecule has 1 aliphatic carbocycles. The Morgan fingerprint density at radius 2 is 2.18 bits per heavy atom. The van der Waals surface area contributed by atoms with E-state index in [0.717, 1.165) is 38.2 Å². The van der Waals surface area contributed by atoms with Crippen LogP contribution < -0.4 is 10.5 Å². The van der Waals surface area contributed by atoms with Crippen LogP contribution in [0.5, 0.6) is 6.01 Å². The number of nitrogens with two attached hydrogens (primary N) is 1. The Balaban J connectivity index is 1.67. The summed E-state index contributed by atoms with van der Waals surface area (Å²) in [4.78, 5) is 12.9. The average Bonchev–Trinajstić information content (AvgIpc) is 3.28. The third-order valence-corrected chi connectivity index (χ3v) is 4.37. The predicted octanol–water partition coefficient (Wildman–Crippen LogP) is 2.29. The summed E-state index contributed by atoms with van der Waals surface area (Å²) in [6.45, 7) is 1.43. The van der Waals surface area contributed by atoms with Crippen molar-refractivity contribution in [1.82, 2.24) is 19.5 Å². The third-order valence-electron chi connectivity index (χ3n) is 4.37. The molecule has 3 heterocycles. The number of rotatable bonds is 5. The fourth-order valence-electron chi connectivity index (χ4n) is 2.92. The number of aromatic nitrogens is 4. The Labute approximate surface area is 128 Å². The highest BCUT2D eigenvalue weighted by Crippen LogP contribution is 2.34. The monoisotopic (exact) mass is 303 g/mol. The molecule has 0 radical (unpaired) electrons. The molecule has 1 aliphatic heterocycles. The van der Waals surface area contributed by atoms with Gasteiger partial charge in [0.05, 0.1) is 6.61 Å². The highest BCUT2D eigenvalue weighted by atomic mass is 16.5. The minimum absolute atomic E-state index is 0.0797. The summed E-state index contributed by atoms with van der Waals surface area (Å²) in [5.74, 6) is 1.21. The van der Waals surface area contributed by atoms with Crippen molar-refractivity contribution in [2.24, 2.45) is 5.92 Å². The highest BCUT2D eigenvalue weighted by molar-refractivity contribution is 5.82. The normalized spacial score (nSPS) is 22.1. The van der Waals surface area contributed by atoms with Gasteiger partial charge in [0.1, 0.15) is 12.6 Å². The second kappa shape index (κ2) is 5.72. The third kappa shape index (κ3) is 2.61. The van der Waals surface area contributed by atoms with Crippen molar-refractivity contribution in [3.05, 3.63) is 6.33 Å². The molecule has 1 saturated heterocycles. The Morgan fingerprint density at radius 3 is 2.95 bits per heavy atom. The first-order valence-corrected chi connectivity index (χ1v) is 8.06. The van der Waals surface area contributed by atoms with Gasteiger partial charge in [-0.25, -0.2) is 9.97 Å². The van der Waals surface area contributed by atoms with E-state index in [1.165, 1.54) is 19.2 Å². The van der Waals surface area contributed by atoms with Crippen molar-refractivity contribution in [2.45, 2.75) is 44.8 Å². The SMILES string of the molecule is Nc1ncnc2c1nc(OCCC1CC1)n2[C@H]1CCCCO1. The Kier molecular flexibility index (Phi) is 3.57. The van der Waals surface area contributed by atoms with Crippen molar-refractivity contribution in [2.75, 3.05) is 18.9 Å². The van der Waals surface area contributed by atoms with Crippen LogP contribution in [0.25, 0.3) is 11.2 Å².